The molecule has 3 aromatic rings. The third-order valence-electron chi connectivity index (χ3n) is 5.37. The zero-order valence-corrected chi connectivity index (χ0v) is 21.6. The molecule has 32 heavy (non-hydrogen) atoms. The zero-order chi connectivity index (χ0) is 22.1. The molecule has 1 heterocycles. The summed E-state index contributed by atoms with van der Waals surface area (Å²) in [6.45, 7) is 6.07. The second kappa shape index (κ2) is 13.0. The van der Waals surface area contributed by atoms with E-state index in [9.17, 15) is 0 Å². The minimum absolute atomic E-state index is 0. The van der Waals surface area contributed by atoms with Crippen LogP contribution >= 0.6 is 24.0 Å². The van der Waals surface area contributed by atoms with Crippen LogP contribution in [0, 0.1) is 6.92 Å². The van der Waals surface area contributed by atoms with Crippen molar-refractivity contribution in [3.63, 3.8) is 0 Å². The van der Waals surface area contributed by atoms with Gasteiger partial charge in [0.05, 0.1) is 20.2 Å². The molecular weight excluding hydrogens is 515 g/mol. The zero-order valence-electron chi connectivity index (χ0n) is 19.3. The van der Waals surface area contributed by atoms with Crippen molar-refractivity contribution in [1.82, 2.24) is 25.4 Å². The van der Waals surface area contributed by atoms with E-state index in [2.05, 4.69) is 64.2 Å². The smallest absolute Gasteiger partial charge is 0.191 e. The molecule has 172 valence electrons. The van der Waals surface area contributed by atoms with Gasteiger partial charge < -0.3 is 19.9 Å². The van der Waals surface area contributed by atoms with Gasteiger partial charge in [0.25, 0.3) is 0 Å². The lowest BCUT2D eigenvalue weighted by molar-refractivity contribution is 0.414. The molecule has 0 atom stereocenters. The van der Waals surface area contributed by atoms with E-state index in [1.54, 1.807) is 7.11 Å². The molecular formula is C24H33IN6O. The van der Waals surface area contributed by atoms with E-state index in [0.29, 0.717) is 13.1 Å². The first-order chi connectivity index (χ1) is 15.1. The van der Waals surface area contributed by atoms with Gasteiger partial charge in [-0.3, -0.25) is 0 Å². The highest BCUT2D eigenvalue weighted by atomic mass is 127. The summed E-state index contributed by atoms with van der Waals surface area (Å²) >= 11 is 0. The molecule has 0 spiro atoms. The number of aryl methyl sites for hydroxylation is 2. The number of hydrogen-bond donors (Lipinski definition) is 2. The van der Waals surface area contributed by atoms with E-state index < -0.39 is 0 Å². The first-order valence-electron chi connectivity index (χ1n) is 10.7. The molecule has 0 bridgehead atoms. The first-order valence-corrected chi connectivity index (χ1v) is 10.7. The predicted molar refractivity (Wildman–Crippen MR) is 140 cm³/mol. The Balaban J connectivity index is 0.00000363. The van der Waals surface area contributed by atoms with Gasteiger partial charge in [-0.15, -0.1) is 34.2 Å². The van der Waals surface area contributed by atoms with Crippen LogP contribution in [-0.2, 0) is 33.0 Å². The third kappa shape index (κ3) is 7.22. The van der Waals surface area contributed by atoms with E-state index in [1.165, 1.54) is 16.7 Å². The molecule has 0 aliphatic rings. The number of guanidine groups is 1. The van der Waals surface area contributed by atoms with Gasteiger partial charge >= 0.3 is 0 Å². The van der Waals surface area contributed by atoms with Gasteiger partial charge in [-0.25, -0.2) is 4.99 Å². The van der Waals surface area contributed by atoms with Crippen LogP contribution in [0.1, 0.15) is 35.3 Å². The van der Waals surface area contributed by atoms with Gasteiger partial charge in [-0.05, 0) is 48.6 Å². The maximum Gasteiger partial charge on any atom is 0.191 e. The van der Waals surface area contributed by atoms with Gasteiger partial charge in [0.1, 0.15) is 11.6 Å². The number of aromatic nitrogens is 3. The Labute approximate surface area is 207 Å². The third-order valence-corrected chi connectivity index (χ3v) is 5.37. The molecule has 2 N–H and O–H groups in total. The predicted octanol–water partition coefficient (Wildman–Crippen LogP) is 3.79. The van der Waals surface area contributed by atoms with Crippen LogP contribution in [0.4, 0.5) is 0 Å². The number of benzene rings is 2. The van der Waals surface area contributed by atoms with Crippen molar-refractivity contribution in [2.24, 2.45) is 12.0 Å². The highest BCUT2D eigenvalue weighted by Gasteiger charge is 2.07. The second-order valence-electron chi connectivity index (χ2n) is 7.39. The lowest BCUT2D eigenvalue weighted by atomic mass is 10.1. The largest absolute Gasteiger partial charge is 0.497 e. The van der Waals surface area contributed by atoms with Gasteiger partial charge in [0.2, 0.25) is 0 Å². The molecule has 8 heteroatoms. The minimum atomic E-state index is 0. The molecule has 0 aliphatic heterocycles. The van der Waals surface area contributed by atoms with E-state index in [1.807, 2.05) is 30.7 Å². The normalized spacial score (nSPS) is 11.1. The van der Waals surface area contributed by atoms with Crippen molar-refractivity contribution in [3.8, 4) is 5.75 Å². The summed E-state index contributed by atoms with van der Waals surface area (Å²) in [5.41, 5.74) is 3.82. The number of ether oxygens (including phenoxy) is 1. The van der Waals surface area contributed by atoms with Crippen LogP contribution in [0.25, 0.3) is 0 Å². The van der Waals surface area contributed by atoms with Crippen LogP contribution in [0.3, 0.4) is 0 Å². The molecule has 0 unspecified atom stereocenters. The first kappa shape index (κ1) is 25.6. The molecule has 0 radical (unpaired) electrons. The highest BCUT2D eigenvalue weighted by molar-refractivity contribution is 14.0. The minimum Gasteiger partial charge on any atom is -0.497 e. The second-order valence-corrected chi connectivity index (χ2v) is 7.39. The molecule has 0 aliphatic carbocycles. The van der Waals surface area contributed by atoms with Crippen molar-refractivity contribution >= 4 is 29.9 Å². The van der Waals surface area contributed by atoms with E-state index in [-0.39, 0.29) is 24.0 Å². The summed E-state index contributed by atoms with van der Waals surface area (Å²) in [5.74, 6) is 3.39. The summed E-state index contributed by atoms with van der Waals surface area (Å²) in [6.07, 6.45) is 1.89. The summed E-state index contributed by atoms with van der Waals surface area (Å²) in [4.78, 5) is 4.83. The molecule has 2 aromatic carbocycles. The Kier molecular flexibility index (Phi) is 10.5. The summed E-state index contributed by atoms with van der Waals surface area (Å²) in [7, 11) is 3.65. The quantitative estimate of drug-likeness (QED) is 0.242. The number of methoxy groups -OCH3 is 1. The maximum atomic E-state index is 5.23. The van der Waals surface area contributed by atoms with Crippen molar-refractivity contribution in [2.75, 3.05) is 13.7 Å². The molecule has 0 saturated carbocycles. The molecule has 1 aromatic heterocycles. The average Bonchev–Trinajstić information content (AvgIpc) is 3.13. The van der Waals surface area contributed by atoms with Crippen LogP contribution in [0.15, 0.2) is 53.5 Å². The topological polar surface area (TPSA) is 76.4 Å². The lowest BCUT2D eigenvalue weighted by Gasteiger charge is -2.13. The summed E-state index contributed by atoms with van der Waals surface area (Å²) in [5, 5.41) is 15.2. The number of nitrogens with zero attached hydrogens (tertiary/aromatic N) is 4. The fourth-order valence-electron chi connectivity index (χ4n) is 3.28. The standard InChI is InChI=1S/C24H32N6O.HI/c1-5-20-8-6-7-9-21(20)16-26-24(27-17-23-29-28-18(2)30(23)3)25-15-14-19-10-12-22(31-4)13-11-19;/h6-13H,5,14-17H2,1-4H3,(H2,25,26,27);1H. The number of nitrogens with one attached hydrogen (secondary N) is 2. The number of rotatable bonds is 9. The molecule has 7 nitrogen and oxygen atoms in total. The number of hydrogen-bond acceptors (Lipinski definition) is 4. The Morgan fingerprint density at radius 2 is 1.75 bits per heavy atom. The molecule has 0 fully saturated rings. The molecule has 0 saturated heterocycles. The van der Waals surface area contributed by atoms with E-state index >= 15 is 0 Å². The van der Waals surface area contributed by atoms with Crippen molar-refractivity contribution in [3.05, 3.63) is 76.9 Å². The van der Waals surface area contributed by atoms with Crippen molar-refractivity contribution in [1.29, 1.82) is 0 Å². The van der Waals surface area contributed by atoms with Crippen LogP contribution < -0.4 is 15.4 Å². The fraction of sp³-hybridized carbons (Fsp3) is 0.375. The lowest BCUT2D eigenvalue weighted by Crippen LogP contribution is -2.38. The number of aliphatic imine (C=N–C) groups is 1. The average molecular weight is 548 g/mol. The van der Waals surface area contributed by atoms with Gasteiger partial charge in [-0.1, -0.05) is 43.3 Å². The Hall–Kier alpha value is -2.62. The van der Waals surface area contributed by atoms with E-state index in [0.717, 1.165) is 42.7 Å². The fourth-order valence-corrected chi connectivity index (χ4v) is 3.28. The van der Waals surface area contributed by atoms with Crippen LogP contribution in [-0.4, -0.2) is 34.4 Å². The Morgan fingerprint density at radius 3 is 2.38 bits per heavy atom. The summed E-state index contributed by atoms with van der Waals surface area (Å²) < 4.78 is 7.21. The highest BCUT2D eigenvalue weighted by Crippen LogP contribution is 2.12. The van der Waals surface area contributed by atoms with E-state index in [4.69, 9.17) is 9.73 Å². The van der Waals surface area contributed by atoms with Crippen LogP contribution in [0.2, 0.25) is 0 Å². The van der Waals surface area contributed by atoms with Crippen molar-refractivity contribution < 1.29 is 4.74 Å². The SMILES string of the molecule is CCc1ccccc1CN=C(NCCc1ccc(OC)cc1)NCc1nnc(C)n1C.I. The van der Waals surface area contributed by atoms with Gasteiger partial charge in [0.15, 0.2) is 11.8 Å². The molecule has 3 rings (SSSR count). The van der Waals surface area contributed by atoms with Crippen molar-refractivity contribution in [2.45, 2.75) is 39.8 Å². The maximum absolute atomic E-state index is 5.23. The van der Waals surface area contributed by atoms with Gasteiger partial charge in [0, 0.05) is 13.6 Å². The Bertz CT molecular complexity index is 1000. The Morgan fingerprint density at radius 1 is 1.03 bits per heavy atom. The molecule has 0 amide bonds. The van der Waals surface area contributed by atoms with Gasteiger partial charge in [-0.2, -0.15) is 0 Å². The summed E-state index contributed by atoms with van der Waals surface area (Å²) in [6, 6.07) is 16.6. The number of halogens is 1. The monoisotopic (exact) mass is 548 g/mol. The van der Waals surface area contributed by atoms with Crippen LogP contribution in [0.5, 0.6) is 5.75 Å².